The molecule has 0 saturated carbocycles. The lowest BCUT2D eigenvalue weighted by molar-refractivity contribution is -0.142. The van der Waals surface area contributed by atoms with Crippen LogP contribution < -0.4 is 10.6 Å². The van der Waals surface area contributed by atoms with Crippen molar-refractivity contribution in [1.29, 1.82) is 0 Å². The highest BCUT2D eigenvalue weighted by Crippen LogP contribution is 2.10. The molecule has 6 nitrogen and oxygen atoms in total. The molecular weight excluding hydrogens is 236 g/mol. The number of aliphatic carboxylic acids is 1. The molecule has 1 fully saturated rings. The average molecular weight is 258 g/mol. The number of hydrogen-bond acceptors (Lipinski definition) is 4. The van der Waals surface area contributed by atoms with E-state index < -0.39 is 12.0 Å². The van der Waals surface area contributed by atoms with Crippen LogP contribution >= 0.6 is 0 Å². The summed E-state index contributed by atoms with van der Waals surface area (Å²) in [6.07, 6.45) is 2.80. The molecule has 0 radical (unpaired) electrons. The van der Waals surface area contributed by atoms with E-state index in [1.54, 1.807) is 7.11 Å². The van der Waals surface area contributed by atoms with Gasteiger partial charge in [0.25, 0.3) is 0 Å². The topological polar surface area (TPSA) is 87.7 Å². The van der Waals surface area contributed by atoms with Crippen molar-refractivity contribution in [3.05, 3.63) is 0 Å². The van der Waals surface area contributed by atoms with Crippen molar-refractivity contribution in [2.45, 2.75) is 31.7 Å². The summed E-state index contributed by atoms with van der Waals surface area (Å²) in [4.78, 5) is 22.9. The molecule has 1 heterocycles. The Bertz CT molecular complexity index is 277. The number of carboxylic acids is 1. The number of hydrogen-bond donors (Lipinski definition) is 3. The number of amides is 1. The number of carbonyl (C=O) groups excluding carboxylic acids is 1. The summed E-state index contributed by atoms with van der Waals surface area (Å²) in [7, 11) is 1.57. The van der Waals surface area contributed by atoms with Crippen molar-refractivity contribution < 1.29 is 19.4 Å². The van der Waals surface area contributed by atoms with Crippen LogP contribution in [-0.4, -0.2) is 49.8 Å². The molecule has 0 aliphatic carbocycles. The molecule has 2 atom stereocenters. The van der Waals surface area contributed by atoms with Gasteiger partial charge in [-0.2, -0.15) is 0 Å². The lowest BCUT2D eigenvalue weighted by atomic mass is 9.98. The van der Waals surface area contributed by atoms with Crippen LogP contribution in [0.1, 0.15) is 25.7 Å². The Hall–Kier alpha value is -1.14. The van der Waals surface area contributed by atoms with Crippen LogP contribution in [-0.2, 0) is 14.3 Å². The third kappa shape index (κ3) is 5.01. The van der Waals surface area contributed by atoms with Gasteiger partial charge in [-0.1, -0.05) is 0 Å². The predicted octanol–water partition coefficient (Wildman–Crippen LogP) is -0.0180. The summed E-state index contributed by atoms with van der Waals surface area (Å²) in [6.45, 7) is 2.07. The SMILES string of the molecule is COCCCC(NC(=O)[C@H]1CCCNC1)C(=O)O. The van der Waals surface area contributed by atoms with Crippen molar-refractivity contribution in [1.82, 2.24) is 10.6 Å². The van der Waals surface area contributed by atoms with Crippen LogP contribution in [0.25, 0.3) is 0 Å². The molecule has 0 aromatic heterocycles. The van der Waals surface area contributed by atoms with E-state index in [1.807, 2.05) is 0 Å². The lowest BCUT2D eigenvalue weighted by Crippen LogP contribution is -2.47. The maximum absolute atomic E-state index is 11.9. The average Bonchev–Trinajstić information content (AvgIpc) is 2.38. The first-order valence-electron chi connectivity index (χ1n) is 6.38. The van der Waals surface area contributed by atoms with Crippen LogP contribution in [0.4, 0.5) is 0 Å². The maximum atomic E-state index is 11.9. The summed E-state index contributed by atoms with van der Waals surface area (Å²) in [5, 5.41) is 14.8. The van der Waals surface area contributed by atoms with Gasteiger partial charge in [0.15, 0.2) is 0 Å². The van der Waals surface area contributed by atoms with E-state index in [4.69, 9.17) is 9.84 Å². The Morgan fingerprint density at radius 3 is 2.89 bits per heavy atom. The second-order valence-corrected chi connectivity index (χ2v) is 4.58. The summed E-state index contributed by atoms with van der Waals surface area (Å²) >= 11 is 0. The van der Waals surface area contributed by atoms with E-state index in [-0.39, 0.29) is 11.8 Å². The van der Waals surface area contributed by atoms with Gasteiger partial charge >= 0.3 is 5.97 Å². The highest BCUT2D eigenvalue weighted by atomic mass is 16.5. The smallest absolute Gasteiger partial charge is 0.326 e. The first-order valence-corrected chi connectivity index (χ1v) is 6.38. The van der Waals surface area contributed by atoms with Gasteiger partial charge in [0.1, 0.15) is 6.04 Å². The van der Waals surface area contributed by atoms with Crippen LogP contribution in [0.5, 0.6) is 0 Å². The van der Waals surface area contributed by atoms with Crippen LogP contribution in [0.2, 0.25) is 0 Å². The zero-order valence-corrected chi connectivity index (χ0v) is 10.8. The Kier molecular flexibility index (Phi) is 6.67. The molecule has 1 saturated heterocycles. The Labute approximate surface area is 107 Å². The third-order valence-electron chi connectivity index (χ3n) is 3.12. The van der Waals surface area contributed by atoms with E-state index in [2.05, 4.69) is 10.6 Å². The first kappa shape index (κ1) is 14.9. The monoisotopic (exact) mass is 258 g/mol. The minimum atomic E-state index is -0.983. The summed E-state index contributed by atoms with van der Waals surface area (Å²) in [5.74, 6) is -1.25. The maximum Gasteiger partial charge on any atom is 0.326 e. The molecular formula is C12H22N2O4. The molecule has 0 aromatic rings. The number of ether oxygens (including phenoxy) is 1. The van der Waals surface area contributed by atoms with Crippen molar-refractivity contribution in [2.24, 2.45) is 5.92 Å². The van der Waals surface area contributed by atoms with E-state index >= 15 is 0 Å². The molecule has 1 amide bonds. The zero-order chi connectivity index (χ0) is 13.4. The minimum Gasteiger partial charge on any atom is -0.480 e. The highest BCUT2D eigenvalue weighted by Gasteiger charge is 2.25. The molecule has 0 bridgehead atoms. The summed E-state index contributed by atoms with van der Waals surface area (Å²) < 4.78 is 4.88. The van der Waals surface area contributed by atoms with Crippen molar-refractivity contribution in [2.75, 3.05) is 26.8 Å². The van der Waals surface area contributed by atoms with E-state index in [1.165, 1.54) is 0 Å². The van der Waals surface area contributed by atoms with Gasteiger partial charge < -0.3 is 20.5 Å². The van der Waals surface area contributed by atoms with Gasteiger partial charge in [-0.15, -0.1) is 0 Å². The van der Waals surface area contributed by atoms with Crippen molar-refractivity contribution >= 4 is 11.9 Å². The van der Waals surface area contributed by atoms with Crippen molar-refractivity contribution in [3.8, 4) is 0 Å². The quantitative estimate of drug-likeness (QED) is 0.559. The number of carboxylic acid groups (broad SMARTS) is 1. The summed E-state index contributed by atoms with van der Waals surface area (Å²) in [5.41, 5.74) is 0. The second kappa shape index (κ2) is 8.05. The molecule has 1 unspecified atom stereocenters. The summed E-state index contributed by atoms with van der Waals surface area (Å²) in [6, 6.07) is -0.811. The van der Waals surface area contributed by atoms with Gasteiger partial charge in [-0.05, 0) is 32.2 Å². The Balaban J connectivity index is 2.38. The Morgan fingerprint density at radius 2 is 2.33 bits per heavy atom. The molecule has 1 rings (SSSR count). The van der Waals surface area contributed by atoms with Gasteiger partial charge in [0.2, 0.25) is 5.91 Å². The normalized spacial score (nSPS) is 21.3. The zero-order valence-electron chi connectivity index (χ0n) is 10.8. The van der Waals surface area contributed by atoms with Crippen LogP contribution in [0.3, 0.4) is 0 Å². The van der Waals surface area contributed by atoms with E-state index in [0.29, 0.717) is 26.0 Å². The number of carbonyl (C=O) groups is 2. The number of rotatable bonds is 7. The van der Waals surface area contributed by atoms with E-state index in [0.717, 1.165) is 19.4 Å². The van der Waals surface area contributed by atoms with Crippen molar-refractivity contribution in [3.63, 3.8) is 0 Å². The minimum absolute atomic E-state index is 0.108. The molecule has 0 spiro atoms. The van der Waals surface area contributed by atoms with Crippen LogP contribution in [0.15, 0.2) is 0 Å². The van der Waals surface area contributed by atoms with E-state index in [9.17, 15) is 9.59 Å². The predicted molar refractivity (Wildman–Crippen MR) is 66.3 cm³/mol. The molecule has 1 aliphatic heterocycles. The molecule has 18 heavy (non-hydrogen) atoms. The highest BCUT2D eigenvalue weighted by molar-refractivity contribution is 5.85. The number of methoxy groups -OCH3 is 1. The van der Waals surface area contributed by atoms with Gasteiger partial charge in [0, 0.05) is 20.3 Å². The van der Waals surface area contributed by atoms with Crippen LogP contribution in [0, 0.1) is 5.92 Å². The van der Waals surface area contributed by atoms with Gasteiger partial charge in [-0.25, -0.2) is 4.79 Å². The molecule has 104 valence electrons. The fraction of sp³-hybridized carbons (Fsp3) is 0.833. The van der Waals surface area contributed by atoms with Gasteiger partial charge in [-0.3, -0.25) is 4.79 Å². The third-order valence-corrected chi connectivity index (χ3v) is 3.12. The fourth-order valence-corrected chi connectivity index (χ4v) is 2.05. The standard InChI is InChI=1S/C12H22N2O4/c1-18-7-3-5-10(12(16)17)14-11(15)9-4-2-6-13-8-9/h9-10,13H,2-8H2,1H3,(H,14,15)(H,16,17)/t9-,10?/m0/s1. The van der Waals surface area contributed by atoms with Gasteiger partial charge in [0.05, 0.1) is 5.92 Å². The Morgan fingerprint density at radius 1 is 1.56 bits per heavy atom. The molecule has 1 aliphatic rings. The number of nitrogens with one attached hydrogen (secondary N) is 2. The largest absolute Gasteiger partial charge is 0.480 e. The molecule has 0 aromatic carbocycles. The second-order valence-electron chi connectivity index (χ2n) is 4.58. The fourth-order valence-electron chi connectivity index (χ4n) is 2.05. The molecule has 3 N–H and O–H groups in total. The molecule has 6 heteroatoms. The first-order chi connectivity index (χ1) is 8.65. The lowest BCUT2D eigenvalue weighted by Gasteiger charge is -2.24. The number of piperidine rings is 1.